The minimum atomic E-state index is 1.04. The zero-order chi connectivity index (χ0) is 7.94. The van der Waals surface area contributed by atoms with E-state index in [4.69, 9.17) is 0 Å². The van der Waals surface area contributed by atoms with Gasteiger partial charge in [-0.3, -0.25) is 0 Å². The quantitative estimate of drug-likeness (QED) is 0.432. The first-order valence-corrected chi connectivity index (χ1v) is 5.67. The van der Waals surface area contributed by atoms with Crippen LogP contribution in [0, 0.1) is 0 Å². The topological polar surface area (TPSA) is 12.0 Å². The highest BCUT2D eigenvalue weighted by Gasteiger charge is 1.91. The summed E-state index contributed by atoms with van der Waals surface area (Å²) >= 11 is 3.68. The van der Waals surface area contributed by atoms with E-state index in [1.165, 1.54) is 10.6 Å². The molecule has 1 aromatic heterocycles. The Morgan fingerprint density at radius 2 is 2.55 bits per heavy atom. The maximum absolute atomic E-state index is 3.34. The maximum Gasteiger partial charge on any atom is 0.0610 e. The molecule has 0 unspecified atom stereocenters. The SMILES string of the molecule is CCCNCSc1cccs1. The van der Waals surface area contributed by atoms with Gasteiger partial charge in [-0.15, -0.1) is 11.3 Å². The van der Waals surface area contributed by atoms with Gasteiger partial charge in [0.2, 0.25) is 0 Å². The molecule has 0 fully saturated rings. The third kappa shape index (κ3) is 3.79. The Kier molecular flexibility index (Phi) is 4.66. The van der Waals surface area contributed by atoms with Crippen LogP contribution < -0.4 is 5.32 Å². The smallest absolute Gasteiger partial charge is 0.0610 e. The number of thioether (sulfide) groups is 1. The molecule has 0 spiro atoms. The molecule has 11 heavy (non-hydrogen) atoms. The Hall–Kier alpha value is 0.01000. The second-order valence-corrected chi connectivity index (χ2v) is 4.44. The van der Waals surface area contributed by atoms with Crippen molar-refractivity contribution in [2.45, 2.75) is 17.6 Å². The summed E-state index contributed by atoms with van der Waals surface area (Å²) in [4.78, 5) is 0. The lowest BCUT2D eigenvalue weighted by Crippen LogP contribution is -2.12. The summed E-state index contributed by atoms with van der Waals surface area (Å²) in [5.41, 5.74) is 0. The zero-order valence-electron chi connectivity index (χ0n) is 6.67. The first-order chi connectivity index (χ1) is 5.43. The van der Waals surface area contributed by atoms with Gasteiger partial charge in [0.15, 0.2) is 0 Å². The Balaban J connectivity index is 2.04. The van der Waals surface area contributed by atoms with Crippen molar-refractivity contribution in [1.82, 2.24) is 5.32 Å². The van der Waals surface area contributed by atoms with E-state index in [1.807, 2.05) is 11.8 Å². The lowest BCUT2D eigenvalue weighted by molar-refractivity contribution is 0.756. The van der Waals surface area contributed by atoms with E-state index in [-0.39, 0.29) is 0 Å². The van der Waals surface area contributed by atoms with Crippen molar-refractivity contribution in [3.8, 4) is 0 Å². The average Bonchev–Trinajstić information content (AvgIpc) is 2.50. The van der Waals surface area contributed by atoms with Crippen LogP contribution in [0.25, 0.3) is 0 Å². The highest BCUT2D eigenvalue weighted by molar-refractivity contribution is 8.01. The van der Waals surface area contributed by atoms with E-state index >= 15 is 0 Å². The van der Waals surface area contributed by atoms with E-state index in [0.29, 0.717) is 0 Å². The van der Waals surface area contributed by atoms with E-state index in [9.17, 15) is 0 Å². The Bertz CT molecular complexity index is 172. The van der Waals surface area contributed by atoms with Crippen molar-refractivity contribution >= 4 is 23.1 Å². The fourth-order valence-corrected chi connectivity index (χ4v) is 2.34. The van der Waals surface area contributed by atoms with Crippen LogP contribution in [-0.2, 0) is 0 Å². The lowest BCUT2D eigenvalue weighted by atomic mass is 10.5. The van der Waals surface area contributed by atoms with Gasteiger partial charge in [-0.2, -0.15) is 0 Å². The molecule has 0 atom stereocenters. The lowest BCUT2D eigenvalue weighted by Gasteiger charge is -1.99. The fraction of sp³-hybridized carbons (Fsp3) is 0.500. The highest BCUT2D eigenvalue weighted by atomic mass is 32.2. The van der Waals surface area contributed by atoms with E-state index < -0.39 is 0 Å². The molecule has 0 bridgehead atoms. The molecule has 1 nitrogen and oxygen atoms in total. The normalized spacial score (nSPS) is 10.3. The summed E-state index contributed by atoms with van der Waals surface area (Å²) in [5, 5.41) is 5.46. The van der Waals surface area contributed by atoms with E-state index in [1.54, 1.807) is 11.3 Å². The molecule has 0 saturated carbocycles. The number of hydrogen-bond donors (Lipinski definition) is 1. The van der Waals surface area contributed by atoms with Crippen LogP contribution in [0.5, 0.6) is 0 Å². The second-order valence-electron chi connectivity index (χ2n) is 2.22. The third-order valence-corrected chi connectivity index (χ3v) is 3.31. The molecule has 1 aromatic rings. The summed E-state index contributed by atoms with van der Waals surface area (Å²) in [7, 11) is 0. The molecule has 1 N–H and O–H groups in total. The summed E-state index contributed by atoms with van der Waals surface area (Å²) < 4.78 is 1.40. The third-order valence-electron chi connectivity index (χ3n) is 1.24. The molecule has 62 valence electrons. The second kappa shape index (κ2) is 5.63. The van der Waals surface area contributed by atoms with Gasteiger partial charge in [-0.05, 0) is 24.4 Å². The first kappa shape index (κ1) is 9.10. The zero-order valence-corrected chi connectivity index (χ0v) is 8.30. The number of nitrogens with one attached hydrogen (secondary N) is 1. The van der Waals surface area contributed by atoms with Gasteiger partial charge in [0.1, 0.15) is 0 Å². The van der Waals surface area contributed by atoms with Crippen LogP contribution in [0.1, 0.15) is 13.3 Å². The summed E-state index contributed by atoms with van der Waals surface area (Å²) in [6.45, 7) is 3.31. The minimum Gasteiger partial charge on any atom is -0.308 e. The van der Waals surface area contributed by atoms with Crippen LogP contribution in [0.4, 0.5) is 0 Å². The van der Waals surface area contributed by atoms with Crippen molar-refractivity contribution < 1.29 is 0 Å². The van der Waals surface area contributed by atoms with Gasteiger partial charge >= 0.3 is 0 Å². The van der Waals surface area contributed by atoms with Gasteiger partial charge in [-0.25, -0.2) is 0 Å². The van der Waals surface area contributed by atoms with Crippen LogP contribution in [0.2, 0.25) is 0 Å². The van der Waals surface area contributed by atoms with Gasteiger partial charge in [0.25, 0.3) is 0 Å². The Morgan fingerprint density at radius 1 is 1.64 bits per heavy atom. The number of thiophene rings is 1. The molecule has 0 aliphatic rings. The number of rotatable bonds is 5. The van der Waals surface area contributed by atoms with Gasteiger partial charge in [0.05, 0.1) is 4.21 Å². The molecule has 0 aliphatic carbocycles. The summed E-state index contributed by atoms with van der Waals surface area (Å²) in [5.74, 6) is 1.04. The van der Waals surface area contributed by atoms with Crippen molar-refractivity contribution in [2.24, 2.45) is 0 Å². The standard InChI is InChI=1S/C8H13NS2/c1-2-5-9-7-11-8-4-3-6-10-8/h3-4,6,9H,2,5,7H2,1H3. The van der Waals surface area contributed by atoms with Crippen LogP contribution in [0.3, 0.4) is 0 Å². The molecule has 1 heterocycles. The highest BCUT2D eigenvalue weighted by Crippen LogP contribution is 2.21. The predicted octanol–water partition coefficient (Wildman–Crippen LogP) is 2.80. The van der Waals surface area contributed by atoms with Crippen molar-refractivity contribution in [2.75, 3.05) is 12.4 Å². The first-order valence-electron chi connectivity index (χ1n) is 3.80. The molecule has 0 aromatic carbocycles. The summed E-state index contributed by atoms with van der Waals surface area (Å²) in [6, 6.07) is 4.25. The molecule has 0 aliphatic heterocycles. The molecule has 3 heteroatoms. The van der Waals surface area contributed by atoms with E-state index in [0.717, 1.165) is 12.4 Å². The minimum absolute atomic E-state index is 1.04. The molecular formula is C8H13NS2. The van der Waals surface area contributed by atoms with Crippen LogP contribution in [-0.4, -0.2) is 12.4 Å². The largest absolute Gasteiger partial charge is 0.308 e. The van der Waals surface area contributed by atoms with Gasteiger partial charge in [0, 0.05) is 5.88 Å². The fourth-order valence-electron chi connectivity index (χ4n) is 0.717. The summed E-state index contributed by atoms with van der Waals surface area (Å²) in [6.07, 6.45) is 1.21. The Labute approximate surface area is 76.2 Å². The molecule has 0 radical (unpaired) electrons. The van der Waals surface area contributed by atoms with Crippen molar-refractivity contribution in [3.63, 3.8) is 0 Å². The van der Waals surface area contributed by atoms with Crippen LogP contribution in [0.15, 0.2) is 21.7 Å². The molecule has 1 rings (SSSR count). The predicted molar refractivity (Wildman–Crippen MR) is 53.3 cm³/mol. The average molecular weight is 187 g/mol. The van der Waals surface area contributed by atoms with E-state index in [2.05, 4.69) is 29.8 Å². The van der Waals surface area contributed by atoms with Crippen LogP contribution >= 0.6 is 23.1 Å². The van der Waals surface area contributed by atoms with Crippen molar-refractivity contribution in [3.05, 3.63) is 17.5 Å². The molecule has 0 saturated heterocycles. The monoisotopic (exact) mass is 187 g/mol. The van der Waals surface area contributed by atoms with Crippen molar-refractivity contribution in [1.29, 1.82) is 0 Å². The maximum atomic E-state index is 3.34. The molecular weight excluding hydrogens is 174 g/mol. The molecule has 0 amide bonds. The van der Waals surface area contributed by atoms with Gasteiger partial charge in [-0.1, -0.05) is 24.8 Å². The van der Waals surface area contributed by atoms with Gasteiger partial charge < -0.3 is 5.32 Å². The number of hydrogen-bond acceptors (Lipinski definition) is 3. The Morgan fingerprint density at radius 3 is 3.18 bits per heavy atom.